The van der Waals surface area contributed by atoms with E-state index in [1.165, 1.54) is 6.42 Å². The molecule has 0 aliphatic carbocycles. The second-order valence-electron chi connectivity index (χ2n) is 4.86. The standard InChI is InChI=1S/C13H23NO3/c15-12-6-5-9-14(12)8-2-4-11-17-13-7-1-3-10-16-13/h13H,1-11H2. The maximum absolute atomic E-state index is 11.4. The van der Waals surface area contributed by atoms with Crippen molar-refractivity contribution in [1.82, 2.24) is 4.90 Å². The van der Waals surface area contributed by atoms with E-state index in [2.05, 4.69) is 0 Å². The summed E-state index contributed by atoms with van der Waals surface area (Å²) in [6, 6.07) is 0. The summed E-state index contributed by atoms with van der Waals surface area (Å²) >= 11 is 0. The third-order valence-corrected chi connectivity index (χ3v) is 3.44. The van der Waals surface area contributed by atoms with Crippen LogP contribution in [0.4, 0.5) is 0 Å². The molecule has 4 heteroatoms. The topological polar surface area (TPSA) is 38.8 Å². The van der Waals surface area contributed by atoms with Gasteiger partial charge in [0.2, 0.25) is 5.91 Å². The predicted octanol–water partition coefficient (Wildman–Crippen LogP) is 1.93. The van der Waals surface area contributed by atoms with E-state index in [1.807, 2.05) is 4.90 Å². The van der Waals surface area contributed by atoms with Crippen LogP contribution in [0.1, 0.15) is 44.9 Å². The summed E-state index contributed by atoms with van der Waals surface area (Å²) in [7, 11) is 0. The molecule has 1 amide bonds. The van der Waals surface area contributed by atoms with Gasteiger partial charge in [-0.05, 0) is 38.5 Å². The number of nitrogens with zero attached hydrogens (tertiary/aromatic N) is 1. The Balaban J connectivity index is 1.47. The minimum Gasteiger partial charge on any atom is -0.353 e. The van der Waals surface area contributed by atoms with Crippen LogP contribution in [0, 0.1) is 0 Å². The second kappa shape index (κ2) is 6.97. The quantitative estimate of drug-likeness (QED) is 0.667. The highest BCUT2D eigenvalue weighted by Crippen LogP contribution is 2.14. The Bertz CT molecular complexity index is 239. The molecule has 0 spiro atoms. The minimum atomic E-state index is 0.0252. The lowest BCUT2D eigenvalue weighted by Crippen LogP contribution is -2.26. The molecule has 2 aliphatic heterocycles. The number of rotatable bonds is 6. The third kappa shape index (κ3) is 4.28. The molecule has 0 aromatic heterocycles. The Hall–Kier alpha value is -0.610. The van der Waals surface area contributed by atoms with Gasteiger partial charge in [0, 0.05) is 32.7 Å². The highest BCUT2D eigenvalue weighted by molar-refractivity contribution is 5.77. The predicted molar refractivity (Wildman–Crippen MR) is 64.6 cm³/mol. The van der Waals surface area contributed by atoms with Crippen LogP contribution >= 0.6 is 0 Å². The van der Waals surface area contributed by atoms with E-state index in [0.717, 1.165) is 64.8 Å². The van der Waals surface area contributed by atoms with Crippen molar-refractivity contribution in [3.8, 4) is 0 Å². The van der Waals surface area contributed by atoms with Crippen LogP contribution in [-0.4, -0.2) is 43.4 Å². The number of ether oxygens (including phenoxy) is 2. The van der Waals surface area contributed by atoms with Crippen molar-refractivity contribution in [2.45, 2.75) is 51.2 Å². The monoisotopic (exact) mass is 241 g/mol. The van der Waals surface area contributed by atoms with Crippen LogP contribution in [0.3, 0.4) is 0 Å². The second-order valence-corrected chi connectivity index (χ2v) is 4.86. The lowest BCUT2D eigenvalue weighted by Gasteiger charge is -2.22. The average molecular weight is 241 g/mol. The van der Waals surface area contributed by atoms with E-state index in [4.69, 9.17) is 9.47 Å². The first-order chi connectivity index (χ1) is 8.36. The van der Waals surface area contributed by atoms with Crippen LogP contribution in [0.25, 0.3) is 0 Å². The lowest BCUT2D eigenvalue weighted by atomic mass is 10.2. The molecule has 0 bridgehead atoms. The summed E-state index contributed by atoms with van der Waals surface area (Å²) in [6.07, 6.45) is 7.27. The first-order valence-electron chi connectivity index (χ1n) is 6.87. The van der Waals surface area contributed by atoms with E-state index in [1.54, 1.807) is 0 Å². The van der Waals surface area contributed by atoms with Gasteiger partial charge in [0.15, 0.2) is 6.29 Å². The average Bonchev–Trinajstić information content (AvgIpc) is 2.76. The van der Waals surface area contributed by atoms with Gasteiger partial charge in [0.1, 0.15) is 0 Å². The highest BCUT2D eigenvalue weighted by Gasteiger charge is 2.19. The number of likely N-dealkylation sites (tertiary alicyclic amines) is 1. The van der Waals surface area contributed by atoms with Crippen LogP contribution in [0.2, 0.25) is 0 Å². The Labute approximate surface area is 103 Å². The van der Waals surface area contributed by atoms with Crippen LogP contribution in [-0.2, 0) is 14.3 Å². The van der Waals surface area contributed by atoms with Gasteiger partial charge >= 0.3 is 0 Å². The maximum Gasteiger partial charge on any atom is 0.222 e. The van der Waals surface area contributed by atoms with Gasteiger partial charge in [-0.1, -0.05) is 0 Å². The van der Waals surface area contributed by atoms with Crippen LogP contribution in [0.5, 0.6) is 0 Å². The van der Waals surface area contributed by atoms with Crippen LogP contribution < -0.4 is 0 Å². The van der Waals surface area contributed by atoms with E-state index in [0.29, 0.717) is 5.91 Å². The van der Waals surface area contributed by atoms with Crippen molar-refractivity contribution >= 4 is 5.91 Å². The number of hydrogen-bond donors (Lipinski definition) is 0. The summed E-state index contributed by atoms with van der Waals surface area (Å²) < 4.78 is 11.1. The van der Waals surface area contributed by atoms with Crippen molar-refractivity contribution in [1.29, 1.82) is 0 Å². The summed E-state index contributed by atoms with van der Waals surface area (Å²) in [4.78, 5) is 13.3. The summed E-state index contributed by atoms with van der Waals surface area (Å²) in [5, 5.41) is 0. The zero-order valence-corrected chi connectivity index (χ0v) is 10.5. The molecular weight excluding hydrogens is 218 g/mol. The van der Waals surface area contributed by atoms with Gasteiger partial charge in [-0.15, -0.1) is 0 Å². The molecule has 0 aromatic rings. The molecule has 98 valence electrons. The van der Waals surface area contributed by atoms with Crippen molar-refractivity contribution in [2.75, 3.05) is 26.3 Å². The molecule has 1 atom stereocenters. The molecule has 1 unspecified atom stereocenters. The fourth-order valence-electron chi connectivity index (χ4n) is 2.40. The molecule has 0 radical (unpaired) electrons. The summed E-state index contributed by atoms with van der Waals surface area (Å²) in [5.74, 6) is 0.321. The fraction of sp³-hybridized carbons (Fsp3) is 0.923. The van der Waals surface area contributed by atoms with Gasteiger partial charge < -0.3 is 14.4 Å². The Kier molecular flexibility index (Phi) is 5.26. The van der Waals surface area contributed by atoms with Gasteiger partial charge in [-0.25, -0.2) is 0 Å². The van der Waals surface area contributed by atoms with E-state index in [9.17, 15) is 4.79 Å². The normalized spacial score (nSPS) is 25.5. The van der Waals surface area contributed by atoms with E-state index in [-0.39, 0.29) is 6.29 Å². The van der Waals surface area contributed by atoms with Gasteiger partial charge in [-0.3, -0.25) is 4.79 Å². The largest absolute Gasteiger partial charge is 0.353 e. The first kappa shape index (κ1) is 12.8. The van der Waals surface area contributed by atoms with Gasteiger partial charge in [0.05, 0.1) is 0 Å². The molecule has 17 heavy (non-hydrogen) atoms. The zero-order valence-electron chi connectivity index (χ0n) is 10.5. The van der Waals surface area contributed by atoms with Crippen LogP contribution in [0.15, 0.2) is 0 Å². The van der Waals surface area contributed by atoms with Crippen molar-refractivity contribution in [2.24, 2.45) is 0 Å². The molecule has 2 rings (SSSR count). The SMILES string of the molecule is O=C1CCCN1CCCCOC1CCCCO1. The molecule has 2 heterocycles. The Morgan fingerprint density at radius 3 is 2.94 bits per heavy atom. The lowest BCUT2D eigenvalue weighted by molar-refractivity contribution is -0.163. The molecule has 0 N–H and O–H groups in total. The Morgan fingerprint density at radius 2 is 2.24 bits per heavy atom. The minimum absolute atomic E-state index is 0.0252. The molecule has 2 fully saturated rings. The number of amides is 1. The number of carbonyl (C=O) groups excluding carboxylic acids is 1. The smallest absolute Gasteiger partial charge is 0.222 e. The molecule has 2 saturated heterocycles. The van der Waals surface area contributed by atoms with Gasteiger partial charge in [0.25, 0.3) is 0 Å². The molecule has 4 nitrogen and oxygen atoms in total. The summed E-state index contributed by atoms with van der Waals surface area (Å²) in [6.45, 7) is 3.44. The third-order valence-electron chi connectivity index (χ3n) is 3.44. The zero-order chi connectivity index (χ0) is 11.9. The molecule has 0 aromatic carbocycles. The number of unbranched alkanes of at least 4 members (excludes halogenated alkanes) is 1. The Morgan fingerprint density at radius 1 is 1.29 bits per heavy atom. The number of hydrogen-bond acceptors (Lipinski definition) is 3. The fourth-order valence-corrected chi connectivity index (χ4v) is 2.40. The van der Waals surface area contributed by atoms with Crippen molar-refractivity contribution in [3.63, 3.8) is 0 Å². The number of carbonyl (C=O) groups is 1. The molecule has 0 saturated carbocycles. The van der Waals surface area contributed by atoms with E-state index < -0.39 is 0 Å². The van der Waals surface area contributed by atoms with Gasteiger partial charge in [-0.2, -0.15) is 0 Å². The molecular formula is C13H23NO3. The van der Waals surface area contributed by atoms with Crippen molar-refractivity contribution < 1.29 is 14.3 Å². The maximum atomic E-state index is 11.4. The van der Waals surface area contributed by atoms with E-state index >= 15 is 0 Å². The first-order valence-corrected chi connectivity index (χ1v) is 6.87. The molecule has 2 aliphatic rings. The highest BCUT2D eigenvalue weighted by atomic mass is 16.7. The van der Waals surface area contributed by atoms with Crippen molar-refractivity contribution in [3.05, 3.63) is 0 Å². The summed E-state index contributed by atoms with van der Waals surface area (Å²) in [5.41, 5.74) is 0.